The summed E-state index contributed by atoms with van der Waals surface area (Å²) in [4.78, 5) is 8.36. The molecule has 90 valence electrons. The molecule has 2 N–H and O–H groups in total. The fraction of sp³-hybridized carbons (Fsp3) is 0.667. The van der Waals surface area contributed by atoms with Crippen molar-refractivity contribution in [2.45, 2.75) is 40.7 Å². The van der Waals surface area contributed by atoms with Gasteiger partial charge in [0, 0.05) is 18.4 Å². The number of hydrogen-bond acceptors (Lipinski definition) is 4. The molecule has 0 aliphatic heterocycles. The third-order valence-electron chi connectivity index (χ3n) is 2.15. The Morgan fingerprint density at radius 3 is 2.56 bits per heavy atom. The predicted octanol–water partition coefficient (Wildman–Crippen LogP) is 2.32. The van der Waals surface area contributed by atoms with Gasteiger partial charge < -0.3 is 10.5 Å². The van der Waals surface area contributed by atoms with E-state index in [4.69, 9.17) is 10.5 Å². The summed E-state index contributed by atoms with van der Waals surface area (Å²) < 4.78 is 5.53. The van der Waals surface area contributed by atoms with Crippen molar-refractivity contribution in [1.82, 2.24) is 9.97 Å². The van der Waals surface area contributed by atoms with E-state index in [1.165, 1.54) is 0 Å². The van der Waals surface area contributed by atoms with Gasteiger partial charge in [0.05, 0.1) is 0 Å². The van der Waals surface area contributed by atoms with Gasteiger partial charge in [-0.2, -0.15) is 0 Å². The first kappa shape index (κ1) is 12.9. The van der Waals surface area contributed by atoms with E-state index >= 15 is 0 Å². The minimum atomic E-state index is 0.298. The minimum absolute atomic E-state index is 0.298. The first-order valence-corrected chi connectivity index (χ1v) is 5.54. The molecule has 0 atom stereocenters. The fourth-order valence-corrected chi connectivity index (χ4v) is 1.26. The molecule has 0 unspecified atom stereocenters. The van der Waals surface area contributed by atoms with Crippen LogP contribution in [-0.2, 0) is 11.3 Å². The molecule has 4 nitrogen and oxygen atoms in total. The number of hydrogen-bond donors (Lipinski definition) is 1. The summed E-state index contributed by atoms with van der Waals surface area (Å²) in [6.45, 7) is 9.63. The van der Waals surface area contributed by atoms with Gasteiger partial charge in [-0.3, -0.25) is 0 Å². The summed E-state index contributed by atoms with van der Waals surface area (Å²) in [5.74, 6) is 1.16. The van der Waals surface area contributed by atoms with E-state index in [9.17, 15) is 0 Å². The van der Waals surface area contributed by atoms with E-state index in [2.05, 4.69) is 30.7 Å². The molecule has 0 saturated carbocycles. The van der Waals surface area contributed by atoms with E-state index in [1.54, 1.807) is 6.07 Å². The molecule has 0 aliphatic carbocycles. The van der Waals surface area contributed by atoms with Gasteiger partial charge in [0.15, 0.2) is 5.82 Å². The lowest BCUT2D eigenvalue weighted by molar-refractivity contribution is 0.0917. The standard InChI is InChI=1S/C12H21N3O/c1-9-7-10(13)15-11(14-9)8-16-6-5-12(2,3)4/h7H,5-6,8H2,1-4H3,(H2,13,14,15). The van der Waals surface area contributed by atoms with Gasteiger partial charge >= 0.3 is 0 Å². The van der Waals surface area contributed by atoms with Crippen LogP contribution in [0.5, 0.6) is 0 Å². The second-order valence-corrected chi connectivity index (χ2v) is 5.21. The van der Waals surface area contributed by atoms with E-state index < -0.39 is 0 Å². The number of nitrogen functional groups attached to an aromatic ring is 1. The maximum atomic E-state index is 5.63. The zero-order valence-electron chi connectivity index (χ0n) is 10.6. The molecule has 0 bridgehead atoms. The van der Waals surface area contributed by atoms with Gasteiger partial charge in [0.25, 0.3) is 0 Å². The Balaban J connectivity index is 2.37. The van der Waals surface area contributed by atoms with Gasteiger partial charge in [-0.25, -0.2) is 9.97 Å². The van der Waals surface area contributed by atoms with Crippen LogP contribution in [0.25, 0.3) is 0 Å². The van der Waals surface area contributed by atoms with Crippen LogP contribution < -0.4 is 5.73 Å². The Morgan fingerprint density at radius 2 is 2.00 bits per heavy atom. The average molecular weight is 223 g/mol. The lowest BCUT2D eigenvalue weighted by atomic mass is 9.93. The van der Waals surface area contributed by atoms with Crippen molar-refractivity contribution < 1.29 is 4.74 Å². The number of nitrogens with two attached hydrogens (primary N) is 1. The molecule has 0 radical (unpaired) electrons. The second kappa shape index (κ2) is 5.25. The summed E-state index contributed by atoms with van der Waals surface area (Å²) in [6, 6.07) is 1.75. The molecule has 0 aromatic carbocycles. The molecule has 4 heteroatoms. The molecule has 0 fully saturated rings. The van der Waals surface area contributed by atoms with Crippen molar-refractivity contribution in [3.63, 3.8) is 0 Å². The maximum absolute atomic E-state index is 5.63. The Hall–Kier alpha value is -1.16. The normalized spacial score (nSPS) is 11.8. The van der Waals surface area contributed by atoms with Gasteiger partial charge in [-0.05, 0) is 18.8 Å². The van der Waals surface area contributed by atoms with Gasteiger partial charge in [0.1, 0.15) is 12.4 Å². The second-order valence-electron chi connectivity index (χ2n) is 5.21. The van der Waals surface area contributed by atoms with E-state index in [0.29, 0.717) is 23.7 Å². The van der Waals surface area contributed by atoms with Gasteiger partial charge in [0.2, 0.25) is 0 Å². The highest BCUT2D eigenvalue weighted by molar-refractivity contribution is 5.28. The van der Waals surface area contributed by atoms with Crippen molar-refractivity contribution in [1.29, 1.82) is 0 Å². The number of anilines is 1. The van der Waals surface area contributed by atoms with Crippen molar-refractivity contribution in [2.24, 2.45) is 5.41 Å². The number of nitrogens with zero attached hydrogens (tertiary/aromatic N) is 2. The van der Waals surface area contributed by atoms with Crippen molar-refractivity contribution in [2.75, 3.05) is 12.3 Å². The first-order valence-electron chi connectivity index (χ1n) is 5.54. The lowest BCUT2D eigenvalue weighted by Crippen LogP contribution is -2.10. The third-order valence-corrected chi connectivity index (χ3v) is 2.15. The Kier molecular flexibility index (Phi) is 4.24. The number of rotatable bonds is 4. The molecule has 0 saturated heterocycles. The lowest BCUT2D eigenvalue weighted by Gasteiger charge is -2.17. The first-order chi connectivity index (χ1) is 7.37. The molecule has 1 aromatic rings. The fourth-order valence-electron chi connectivity index (χ4n) is 1.26. The number of aryl methyl sites for hydroxylation is 1. The Bertz CT molecular complexity index is 324. The third kappa shape index (κ3) is 5.07. The molecule has 0 aliphatic rings. The van der Waals surface area contributed by atoms with Crippen LogP contribution in [0.3, 0.4) is 0 Å². The molecular formula is C12H21N3O. The van der Waals surface area contributed by atoms with Crippen LogP contribution >= 0.6 is 0 Å². The summed E-state index contributed by atoms with van der Waals surface area (Å²) in [5.41, 5.74) is 6.80. The maximum Gasteiger partial charge on any atom is 0.156 e. The molecular weight excluding hydrogens is 202 g/mol. The predicted molar refractivity (Wildman–Crippen MR) is 64.9 cm³/mol. The summed E-state index contributed by atoms with van der Waals surface area (Å²) >= 11 is 0. The van der Waals surface area contributed by atoms with E-state index in [-0.39, 0.29) is 0 Å². The molecule has 1 rings (SSSR count). The highest BCUT2D eigenvalue weighted by Crippen LogP contribution is 2.18. The largest absolute Gasteiger partial charge is 0.384 e. The van der Waals surface area contributed by atoms with Crippen LogP contribution in [0.2, 0.25) is 0 Å². The van der Waals surface area contributed by atoms with Crippen molar-refractivity contribution in [3.05, 3.63) is 17.6 Å². The summed E-state index contributed by atoms with van der Waals surface area (Å²) in [6.07, 6.45) is 1.02. The quantitative estimate of drug-likeness (QED) is 0.796. The zero-order chi connectivity index (χ0) is 12.2. The van der Waals surface area contributed by atoms with Crippen LogP contribution in [0.4, 0.5) is 5.82 Å². The van der Waals surface area contributed by atoms with E-state index in [0.717, 1.165) is 18.7 Å². The van der Waals surface area contributed by atoms with Gasteiger partial charge in [-0.15, -0.1) is 0 Å². The summed E-state index contributed by atoms with van der Waals surface area (Å²) in [5, 5.41) is 0. The van der Waals surface area contributed by atoms with Crippen LogP contribution in [-0.4, -0.2) is 16.6 Å². The highest BCUT2D eigenvalue weighted by Gasteiger charge is 2.09. The van der Waals surface area contributed by atoms with Crippen LogP contribution in [0, 0.1) is 12.3 Å². The molecule has 1 aromatic heterocycles. The van der Waals surface area contributed by atoms with E-state index in [1.807, 2.05) is 6.92 Å². The van der Waals surface area contributed by atoms with Crippen molar-refractivity contribution in [3.8, 4) is 0 Å². The Morgan fingerprint density at radius 1 is 1.31 bits per heavy atom. The molecule has 0 amide bonds. The molecule has 0 spiro atoms. The van der Waals surface area contributed by atoms with Crippen molar-refractivity contribution >= 4 is 5.82 Å². The van der Waals surface area contributed by atoms with Crippen LogP contribution in [0.1, 0.15) is 38.7 Å². The Labute approximate surface area is 97.2 Å². The zero-order valence-corrected chi connectivity index (χ0v) is 10.6. The SMILES string of the molecule is Cc1cc(N)nc(COCCC(C)(C)C)n1. The average Bonchev–Trinajstić information content (AvgIpc) is 2.09. The monoisotopic (exact) mass is 223 g/mol. The topological polar surface area (TPSA) is 61.0 Å². The highest BCUT2D eigenvalue weighted by atomic mass is 16.5. The number of aromatic nitrogens is 2. The number of ether oxygens (including phenoxy) is 1. The summed E-state index contributed by atoms with van der Waals surface area (Å²) in [7, 11) is 0. The molecule has 1 heterocycles. The molecule has 16 heavy (non-hydrogen) atoms. The smallest absolute Gasteiger partial charge is 0.156 e. The minimum Gasteiger partial charge on any atom is -0.384 e. The van der Waals surface area contributed by atoms with Crippen LogP contribution in [0.15, 0.2) is 6.07 Å². The van der Waals surface area contributed by atoms with Gasteiger partial charge in [-0.1, -0.05) is 20.8 Å².